The van der Waals surface area contributed by atoms with Crippen molar-refractivity contribution < 1.29 is 14.3 Å². The van der Waals surface area contributed by atoms with Gasteiger partial charge < -0.3 is 14.4 Å². The Hall–Kier alpha value is -3.00. The van der Waals surface area contributed by atoms with Crippen LogP contribution in [0.15, 0.2) is 41.1 Å². The Balaban J connectivity index is 1.62. The molecule has 1 aliphatic rings. The van der Waals surface area contributed by atoms with Gasteiger partial charge in [0.25, 0.3) is 5.91 Å². The summed E-state index contributed by atoms with van der Waals surface area (Å²) in [6.45, 7) is 4.23. The number of aliphatic hydroxyl groups excluding tert-OH is 1. The number of aryl methyl sites for hydroxylation is 1. The first-order valence-electron chi connectivity index (χ1n) is 9.42. The second-order valence-corrected chi connectivity index (χ2v) is 7.13. The molecule has 0 saturated carbocycles. The van der Waals surface area contributed by atoms with Crippen molar-refractivity contribution in [2.24, 2.45) is 0 Å². The number of carbonyl (C=O) groups is 1. The molecule has 28 heavy (non-hydrogen) atoms. The quantitative estimate of drug-likeness (QED) is 0.746. The summed E-state index contributed by atoms with van der Waals surface area (Å²) in [5, 5.41) is 17.7. The Kier molecular flexibility index (Phi) is 4.95. The molecule has 1 N–H and O–H groups in total. The number of hydrogen-bond donors (Lipinski definition) is 1. The molecule has 0 unspecified atom stereocenters. The lowest BCUT2D eigenvalue weighted by Crippen LogP contribution is -2.45. The van der Waals surface area contributed by atoms with Gasteiger partial charge in [0, 0.05) is 12.6 Å². The van der Waals surface area contributed by atoms with Crippen molar-refractivity contribution in [2.45, 2.75) is 45.3 Å². The number of aromatic nitrogens is 4. The van der Waals surface area contributed by atoms with Crippen LogP contribution in [-0.2, 0) is 6.61 Å². The van der Waals surface area contributed by atoms with Crippen molar-refractivity contribution in [1.82, 2.24) is 24.9 Å². The molecule has 4 rings (SSSR count). The first-order valence-corrected chi connectivity index (χ1v) is 9.42. The van der Waals surface area contributed by atoms with E-state index in [0.29, 0.717) is 35.1 Å². The zero-order chi connectivity index (χ0) is 19.7. The van der Waals surface area contributed by atoms with Gasteiger partial charge in [-0.15, -0.1) is 0 Å². The summed E-state index contributed by atoms with van der Waals surface area (Å²) in [5.41, 5.74) is 1.77. The number of piperidine rings is 1. The third-order valence-electron chi connectivity index (χ3n) is 5.32. The van der Waals surface area contributed by atoms with E-state index in [0.717, 1.165) is 12.8 Å². The van der Waals surface area contributed by atoms with Crippen LogP contribution in [0.25, 0.3) is 5.69 Å². The van der Waals surface area contributed by atoms with Crippen molar-refractivity contribution in [2.75, 3.05) is 6.54 Å². The fourth-order valence-electron chi connectivity index (χ4n) is 3.69. The Bertz CT molecular complexity index is 966. The summed E-state index contributed by atoms with van der Waals surface area (Å²) >= 11 is 0. The van der Waals surface area contributed by atoms with E-state index in [1.54, 1.807) is 25.4 Å². The van der Waals surface area contributed by atoms with Crippen molar-refractivity contribution in [3.8, 4) is 5.69 Å². The summed E-state index contributed by atoms with van der Waals surface area (Å²) in [4.78, 5) is 21.2. The first kappa shape index (κ1) is 18.4. The first-order chi connectivity index (χ1) is 13.6. The van der Waals surface area contributed by atoms with E-state index in [2.05, 4.69) is 22.1 Å². The van der Waals surface area contributed by atoms with E-state index in [1.807, 2.05) is 23.1 Å². The lowest BCUT2D eigenvalue weighted by Gasteiger charge is -2.37. The molecule has 1 saturated heterocycles. The maximum Gasteiger partial charge on any atom is 0.256 e. The molecule has 0 radical (unpaired) electrons. The predicted octanol–water partition coefficient (Wildman–Crippen LogP) is 2.46. The van der Waals surface area contributed by atoms with Gasteiger partial charge in [-0.25, -0.2) is 4.98 Å². The molecule has 8 nitrogen and oxygen atoms in total. The monoisotopic (exact) mass is 381 g/mol. The van der Waals surface area contributed by atoms with Crippen LogP contribution in [0.4, 0.5) is 0 Å². The minimum Gasteiger partial charge on any atom is -0.445 e. The summed E-state index contributed by atoms with van der Waals surface area (Å²) in [7, 11) is 0. The fraction of sp³-hybridized carbons (Fsp3) is 0.400. The predicted molar refractivity (Wildman–Crippen MR) is 101 cm³/mol. The van der Waals surface area contributed by atoms with Gasteiger partial charge in [-0.3, -0.25) is 4.79 Å². The third kappa shape index (κ3) is 3.31. The largest absolute Gasteiger partial charge is 0.445 e. The molecule has 0 aliphatic carbocycles. The number of aliphatic hydroxyl groups is 1. The number of hydrogen-bond acceptors (Lipinski definition) is 6. The normalized spacial score (nSPS) is 19.8. The summed E-state index contributed by atoms with van der Waals surface area (Å²) in [5.74, 6) is 1.17. The Morgan fingerprint density at radius 1 is 1.25 bits per heavy atom. The second kappa shape index (κ2) is 7.55. The summed E-state index contributed by atoms with van der Waals surface area (Å²) < 4.78 is 5.76. The van der Waals surface area contributed by atoms with Crippen LogP contribution in [-0.4, -0.2) is 48.5 Å². The molecule has 1 aromatic carbocycles. The number of likely N-dealkylation sites (tertiary alicyclic amines) is 1. The molecule has 0 bridgehead atoms. The van der Waals surface area contributed by atoms with Gasteiger partial charge in [0.2, 0.25) is 0 Å². The molecule has 146 valence electrons. The van der Waals surface area contributed by atoms with E-state index in [4.69, 9.17) is 4.42 Å². The van der Waals surface area contributed by atoms with E-state index >= 15 is 0 Å². The minimum absolute atomic E-state index is 0.00846. The van der Waals surface area contributed by atoms with Gasteiger partial charge in [0.1, 0.15) is 11.5 Å². The number of rotatable bonds is 4. The topological polar surface area (TPSA) is 97.3 Å². The summed E-state index contributed by atoms with van der Waals surface area (Å²) in [6.07, 6.45) is 4.92. The van der Waals surface area contributed by atoms with Gasteiger partial charge in [-0.05, 0) is 38.8 Å². The van der Waals surface area contributed by atoms with Crippen molar-refractivity contribution in [3.63, 3.8) is 0 Å². The van der Waals surface area contributed by atoms with Gasteiger partial charge >= 0.3 is 0 Å². The number of benzene rings is 1. The Morgan fingerprint density at radius 2 is 2.00 bits per heavy atom. The highest BCUT2D eigenvalue weighted by Crippen LogP contribution is 2.32. The average Bonchev–Trinajstić information content (AvgIpc) is 3.37. The van der Waals surface area contributed by atoms with Gasteiger partial charge in [0.15, 0.2) is 5.89 Å². The van der Waals surface area contributed by atoms with E-state index in [1.165, 1.54) is 4.80 Å². The van der Waals surface area contributed by atoms with Crippen molar-refractivity contribution >= 4 is 5.91 Å². The van der Waals surface area contributed by atoms with Crippen LogP contribution in [0.3, 0.4) is 0 Å². The van der Waals surface area contributed by atoms with Crippen LogP contribution < -0.4 is 0 Å². The van der Waals surface area contributed by atoms with E-state index < -0.39 is 0 Å². The SMILES string of the molecule is Cc1oc([C@@H]2CC[C@@H](C)N(C(=O)c3ccccc3-n3nccn3)C2)nc1CO. The van der Waals surface area contributed by atoms with Gasteiger partial charge in [-0.1, -0.05) is 12.1 Å². The van der Waals surface area contributed by atoms with E-state index in [-0.39, 0.29) is 24.5 Å². The Morgan fingerprint density at radius 3 is 2.71 bits per heavy atom. The van der Waals surface area contributed by atoms with Crippen LogP contribution in [0.5, 0.6) is 0 Å². The highest BCUT2D eigenvalue weighted by Gasteiger charge is 2.34. The molecule has 2 atom stereocenters. The smallest absolute Gasteiger partial charge is 0.256 e. The summed E-state index contributed by atoms with van der Waals surface area (Å²) in [6, 6.07) is 7.46. The lowest BCUT2D eigenvalue weighted by molar-refractivity contribution is 0.0596. The maximum atomic E-state index is 13.4. The molecule has 1 aliphatic heterocycles. The lowest BCUT2D eigenvalue weighted by atomic mass is 9.92. The number of oxazole rings is 1. The van der Waals surface area contributed by atoms with Crippen molar-refractivity contribution in [3.05, 3.63) is 59.6 Å². The van der Waals surface area contributed by atoms with Gasteiger partial charge in [-0.2, -0.15) is 15.0 Å². The van der Waals surface area contributed by atoms with Crippen LogP contribution in [0.2, 0.25) is 0 Å². The molecule has 3 heterocycles. The molecule has 3 aromatic rings. The fourth-order valence-corrected chi connectivity index (χ4v) is 3.69. The van der Waals surface area contributed by atoms with Crippen LogP contribution in [0, 0.1) is 6.92 Å². The molecule has 8 heteroatoms. The molecule has 1 fully saturated rings. The number of carbonyl (C=O) groups excluding carboxylic acids is 1. The molecule has 0 spiro atoms. The van der Waals surface area contributed by atoms with Crippen LogP contribution >= 0.6 is 0 Å². The standard InChI is InChI=1S/C20H23N5O3/c1-13-7-8-15(19-23-17(12-26)14(2)28-19)11-24(13)20(27)16-5-3-4-6-18(16)25-21-9-10-22-25/h3-6,9-10,13,15,26H,7-8,11-12H2,1-2H3/t13-,15-/m1/s1. The number of nitrogens with zero attached hydrogens (tertiary/aromatic N) is 5. The molecule has 2 aromatic heterocycles. The molecular formula is C20H23N5O3. The third-order valence-corrected chi connectivity index (χ3v) is 5.32. The zero-order valence-electron chi connectivity index (χ0n) is 15.9. The second-order valence-electron chi connectivity index (χ2n) is 7.13. The van der Waals surface area contributed by atoms with Crippen molar-refractivity contribution in [1.29, 1.82) is 0 Å². The van der Waals surface area contributed by atoms with Gasteiger partial charge in [0.05, 0.1) is 36.2 Å². The minimum atomic E-state index is -0.147. The Labute approximate surface area is 162 Å². The van der Waals surface area contributed by atoms with Crippen LogP contribution in [0.1, 0.15) is 53.4 Å². The highest BCUT2D eigenvalue weighted by atomic mass is 16.4. The number of amides is 1. The number of para-hydroxylation sites is 1. The highest BCUT2D eigenvalue weighted by molar-refractivity contribution is 5.98. The molecular weight excluding hydrogens is 358 g/mol. The molecule has 1 amide bonds. The zero-order valence-corrected chi connectivity index (χ0v) is 15.9. The maximum absolute atomic E-state index is 13.4. The van der Waals surface area contributed by atoms with E-state index in [9.17, 15) is 9.90 Å². The average molecular weight is 381 g/mol.